The van der Waals surface area contributed by atoms with Gasteiger partial charge in [-0.1, -0.05) is 12.1 Å². The van der Waals surface area contributed by atoms with E-state index in [9.17, 15) is 14.7 Å². The molecule has 0 spiro atoms. The van der Waals surface area contributed by atoms with Gasteiger partial charge >= 0.3 is 6.03 Å². The number of nitrogens with zero attached hydrogens (tertiary/aromatic N) is 5. The van der Waals surface area contributed by atoms with Crippen molar-refractivity contribution < 1.29 is 19.4 Å². The Hall–Kier alpha value is -2.20. The molecule has 10 heteroatoms. The number of aromatic nitrogens is 3. The molecule has 0 saturated carbocycles. The van der Waals surface area contributed by atoms with Gasteiger partial charge in [-0.25, -0.2) is 9.48 Å². The maximum Gasteiger partial charge on any atom is 0.317 e. The van der Waals surface area contributed by atoms with Crippen LogP contribution in [0.2, 0.25) is 0 Å². The summed E-state index contributed by atoms with van der Waals surface area (Å²) in [5.41, 5.74) is 0.843. The second-order valence-electron chi connectivity index (χ2n) is 8.44. The van der Waals surface area contributed by atoms with E-state index in [-0.39, 0.29) is 42.7 Å². The third-order valence-corrected chi connectivity index (χ3v) is 5.35. The van der Waals surface area contributed by atoms with Crippen LogP contribution in [0.15, 0.2) is 6.20 Å². The van der Waals surface area contributed by atoms with Crippen LogP contribution < -0.4 is 5.32 Å². The van der Waals surface area contributed by atoms with E-state index >= 15 is 0 Å². The standard InChI is InChI=1S/C20H36N6O4/c1-14(2)22-20(29)24(5)11-18-15(3)10-25(16(4)12-27)19(28)7-6-8-26-17(13-30-18)9-21-23-26/h9,14-16,18,27H,6-8,10-13H2,1-5H3,(H,22,29)/t15-,16-,18+/m1/s1. The number of amides is 3. The first kappa shape index (κ1) is 24.1. The summed E-state index contributed by atoms with van der Waals surface area (Å²) in [5, 5.41) is 20.6. The van der Waals surface area contributed by atoms with Gasteiger partial charge in [0, 0.05) is 45.1 Å². The van der Waals surface area contributed by atoms with Crippen molar-refractivity contribution in [3.05, 3.63) is 11.9 Å². The molecule has 2 heterocycles. The van der Waals surface area contributed by atoms with Crippen molar-refractivity contribution in [1.82, 2.24) is 30.1 Å². The highest BCUT2D eigenvalue weighted by Crippen LogP contribution is 2.18. The zero-order chi connectivity index (χ0) is 22.3. The number of carbonyl (C=O) groups is 2. The Kier molecular flexibility index (Phi) is 9.04. The van der Waals surface area contributed by atoms with Gasteiger partial charge in [-0.05, 0) is 27.2 Å². The largest absolute Gasteiger partial charge is 0.394 e. The minimum absolute atomic E-state index is 0.00436. The smallest absolute Gasteiger partial charge is 0.317 e. The lowest BCUT2D eigenvalue weighted by Crippen LogP contribution is -2.49. The molecule has 1 aromatic rings. The summed E-state index contributed by atoms with van der Waals surface area (Å²) < 4.78 is 7.97. The Labute approximate surface area is 178 Å². The average molecular weight is 425 g/mol. The number of hydrogen-bond donors (Lipinski definition) is 2. The first-order valence-corrected chi connectivity index (χ1v) is 10.6. The summed E-state index contributed by atoms with van der Waals surface area (Å²) in [6.07, 6.45) is 2.38. The fourth-order valence-electron chi connectivity index (χ4n) is 3.46. The molecule has 1 aliphatic rings. The van der Waals surface area contributed by atoms with E-state index in [1.165, 1.54) is 0 Å². The highest BCUT2D eigenvalue weighted by molar-refractivity contribution is 5.76. The van der Waals surface area contributed by atoms with Crippen LogP contribution in [0.5, 0.6) is 0 Å². The Morgan fingerprint density at radius 3 is 2.83 bits per heavy atom. The lowest BCUT2D eigenvalue weighted by Gasteiger charge is -2.35. The van der Waals surface area contributed by atoms with Gasteiger partial charge in [0.25, 0.3) is 0 Å². The number of carbonyl (C=O) groups excluding carboxylic acids is 2. The number of fused-ring (bicyclic) bond motifs is 1. The molecule has 0 aromatic carbocycles. The van der Waals surface area contributed by atoms with Crippen molar-refractivity contribution >= 4 is 11.9 Å². The number of aliphatic hydroxyl groups excluding tert-OH is 1. The number of rotatable bonds is 5. The maximum absolute atomic E-state index is 12.8. The van der Waals surface area contributed by atoms with E-state index in [2.05, 4.69) is 15.6 Å². The van der Waals surface area contributed by atoms with Gasteiger partial charge < -0.3 is 25.0 Å². The molecule has 0 saturated heterocycles. The molecule has 2 N–H and O–H groups in total. The molecule has 0 bridgehead atoms. The summed E-state index contributed by atoms with van der Waals surface area (Å²) in [5.74, 6) is -0.0590. The maximum atomic E-state index is 12.8. The molecule has 1 aromatic heterocycles. The summed E-state index contributed by atoms with van der Waals surface area (Å²) in [6.45, 7) is 9.28. The lowest BCUT2D eigenvalue weighted by atomic mass is 10.0. The molecular weight excluding hydrogens is 388 g/mol. The molecule has 3 atom stereocenters. The van der Waals surface area contributed by atoms with Crippen molar-refractivity contribution in [2.75, 3.05) is 26.7 Å². The predicted octanol–water partition coefficient (Wildman–Crippen LogP) is 0.852. The van der Waals surface area contributed by atoms with E-state index < -0.39 is 0 Å². The fourth-order valence-corrected chi connectivity index (χ4v) is 3.46. The zero-order valence-electron chi connectivity index (χ0n) is 18.7. The van der Waals surface area contributed by atoms with Crippen LogP contribution in [-0.2, 0) is 22.7 Å². The number of aliphatic hydroxyl groups is 1. The van der Waals surface area contributed by atoms with Crippen LogP contribution in [-0.4, -0.2) is 86.8 Å². The van der Waals surface area contributed by atoms with Crippen LogP contribution in [0, 0.1) is 5.92 Å². The lowest BCUT2D eigenvalue weighted by molar-refractivity contribution is -0.136. The van der Waals surface area contributed by atoms with Crippen LogP contribution in [0.3, 0.4) is 0 Å². The van der Waals surface area contributed by atoms with Gasteiger partial charge in [-0.15, -0.1) is 5.10 Å². The third kappa shape index (κ3) is 6.66. The van der Waals surface area contributed by atoms with E-state index in [1.54, 1.807) is 27.7 Å². The molecule has 30 heavy (non-hydrogen) atoms. The third-order valence-electron chi connectivity index (χ3n) is 5.35. The van der Waals surface area contributed by atoms with Gasteiger partial charge in [0.05, 0.1) is 37.3 Å². The Bertz CT molecular complexity index is 695. The van der Waals surface area contributed by atoms with E-state index in [4.69, 9.17) is 4.74 Å². The highest BCUT2D eigenvalue weighted by atomic mass is 16.5. The van der Waals surface area contributed by atoms with Gasteiger partial charge in [0.2, 0.25) is 5.91 Å². The summed E-state index contributed by atoms with van der Waals surface area (Å²) in [4.78, 5) is 28.5. The van der Waals surface area contributed by atoms with E-state index in [0.29, 0.717) is 39.1 Å². The Morgan fingerprint density at radius 2 is 2.17 bits per heavy atom. The molecule has 10 nitrogen and oxygen atoms in total. The van der Waals surface area contributed by atoms with Crippen LogP contribution in [0.1, 0.15) is 46.2 Å². The molecule has 0 aliphatic carbocycles. The summed E-state index contributed by atoms with van der Waals surface area (Å²) >= 11 is 0. The summed E-state index contributed by atoms with van der Waals surface area (Å²) in [7, 11) is 1.73. The predicted molar refractivity (Wildman–Crippen MR) is 112 cm³/mol. The zero-order valence-corrected chi connectivity index (χ0v) is 18.7. The second kappa shape index (κ2) is 11.3. The van der Waals surface area contributed by atoms with E-state index in [1.807, 2.05) is 27.7 Å². The molecule has 0 unspecified atom stereocenters. The van der Waals surface area contributed by atoms with Crippen LogP contribution in [0.4, 0.5) is 4.79 Å². The Balaban J connectivity index is 2.22. The van der Waals surface area contributed by atoms with Gasteiger partial charge in [0.1, 0.15) is 0 Å². The molecule has 0 radical (unpaired) electrons. The number of aryl methyl sites for hydroxylation is 1. The molecule has 3 amide bonds. The molecule has 0 fully saturated rings. The first-order chi connectivity index (χ1) is 14.2. The van der Waals surface area contributed by atoms with Crippen molar-refractivity contribution in [3.8, 4) is 0 Å². The quantitative estimate of drug-likeness (QED) is 0.725. The number of hydrogen-bond acceptors (Lipinski definition) is 6. The highest BCUT2D eigenvalue weighted by Gasteiger charge is 2.29. The SMILES string of the molecule is CC(C)NC(=O)N(C)C[C@@H]1OCc2cnnn2CCCC(=O)N([C@H](C)CO)C[C@H]1C. The molecular formula is C20H36N6O4. The van der Waals surface area contributed by atoms with Gasteiger partial charge in [0.15, 0.2) is 0 Å². The molecule has 2 rings (SSSR count). The van der Waals surface area contributed by atoms with E-state index in [0.717, 1.165) is 5.69 Å². The van der Waals surface area contributed by atoms with Gasteiger partial charge in [-0.3, -0.25) is 4.79 Å². The molecule has 1 aliphatic heterocycles. The van der Waals surface area contributed by atoms with Gasteiger partial charge in [-0.2, -0.15) is 0 Å². The molecule has 170 valence electrons. The van der Waals surface area contributed by atoms with Crippen LogP contribution in [0.25, 0.3) is 0 Å². The van der Waals surface area contributed by atoms with Crippen molar-refractivity contribution in [2.45, 2.75) is 71.9 Å². The van der Waals surface area contributed by atoms with Crippen molar-refractivity contribution in [3.63, 3.8) is 0 Å². The Morgan fingerprint density at radius 1 is 1.43 bits per heavy atom. The number of nitrogens with one attached hydrogen (secondary N) is 1. The monoisotopic (exact) mass is 424 g/mol. The minimum Gasteiger partial charge on any atom is -0.394 e. The first-order valence-electron chi connectivity index (χ1n) is 10.6. The topological polar surface area (TPSA) is 113 Å². The number of likely N-dealkylation sites (N-methyl/N-ethyl adjacent to an activating group) is 1. The minimum atomic E-state index is -0.308. The fraction of sp³-hybridized carbons (Fsp3) is 0.800. The van der Waals surface area contributed by atoms with Crippen molar-refractivity contribution in [1.29, 1.82) is 0 Å². The normalized spacial score (nSPS) is 22.1. The second-order valence-corrected chi connectivity index (χ2v) is 8.44. The average Bonchev–Trinajstić information content (AvgIpc) is 3.14. The number of urea groups is 1. The summed E-state index contributed by atoms with van der Waals surface area (Å²) in [6, 6.07) is -0.420. The van der Waals surface area contributed by atoms with Crippen LogP contribution >= 0.6 is 0 Å². The van der Waals surface area contributed by atoms with Crippen molar-refractivity contribution in [2.24, 2.45) is 5.92 Å². The number of ether oxygens (including phenoxy) is 1.